The Kier molecular flexibility index (Phi) is 4.77. The molecule has 0 amide bonds. The molecule has 0 bridgehead atoms. The second-order valence-electron chi connectivity index (χ2n) is 6.93. The zero-order chi connectivity index (χ0) is 19.7. The van der Waals surface area contributed by atoms with Crippen molar-refractivity contribution >= 4 is 23.3 Å². The molecule has 1 saturated carbocycles. The van der Waals surface area contributed by atoms with Gasteiger partial charge in [-0.3, -0.25) is 4.79 Å². The Labute approximate surface area is 167 Å². The van der Waals surface area contributed by atoms with E-state index in [-0.39, 0.29) is 5.97 Å². The van der Waals surface area contributed by atoms with E-state index in [1.54, 1.807) is 11.4 Å². The van der Waals surface area contributed by atoms with Crippen molar-refractivity contribution < 1.29 is 19.4 Å². The number of hydrogen-bond acceptors (Lipinski definition) is 4. The molecule has 1 aromatic heterocycles. The van der Waals surface area contributed by atoms with E-state index in [4.69, 9.17) is 4.74 Å². The first-order valence-electron chi connectivity index (χ1n) is 9.24. The highest BCUT2D eigenvalue weighted by atomic mass is 32.1. The molecule has 4 nitrogen and oxygen atoms in total. The van der Waals surface area contributed by atoms with E-state index in [0.717, 1.165) is 40.0 Å². The molecule has 142 valence electrons. The summed E-state index contributed by atoms with van der Waals surface area (Å²) < 4.78 is 5.23. The average molecular weight is 392 g/mol. The summed E-state index contributed by atoms with van der Waals surface area (Å²) in [6.07, 6.45) is 1.68. The maximum absolute atomic E-state index is 12.2. The van der Waals surface area contributed by atoms with Crippen molar-refractivity contribution in [1.29, 1.82) is 0 Å². The van der Waals surface area contributed by atoms with Crippen LogP contribution in [0.2, 0.25) is 0 Å². The van der Waals surface area contributed by atoms with E-state index in [1.807, 2.05) is 55.5 Å². The summed E-state index contributed by atoms with van der Waals surface area (Å²) in [6, 6.07) is 17.6. The third-order valence-electron chi connectivity index (χ3n) is 5.23. The van der Waals surface area contributed by atoms with Crippen LogP contribution in [0, 0.1) is 0 Å². The number of hydrogen-bond donors (Lipinski definition) is 1. The van der Waals surface area contributed by atoms with Gasteiger partial charge in [-0.05, 0) is 53.5 Å². The van der Waals surface area contributed by atoms with E-state index in [0.29, 0.717) is 12.2 Å². The van der Waals surface area contributed by atoms with Crippen LogP contribution in [0.15, 0.2) is 60.0 Å². The number of esters is 1. The SMILES string of the molecule is CCOC(=O)C1(c2ccc(-c3ccc(-c4sccc4C(=O)O)cc3)cc2)CC1. The second-order valence-corrected chi connectivity index (χ2v) is 7.84. The number of carbonyl (C=O) groups excluding carboxylic acids is 1. The van der Waals surface area contributed by atoms with Gasteiger partial charge in [0.2, 0.25) is 0 Å². The van der Waals surface area contributed by atoms with Gasteiger partial charge < -0.3 is 9.84 Å². The minimum Gasteiger partial charge on any atom is -0.478 e. The number of benzene rings is 2. The van der Waals surface area contributed by atoms with E-state index >= 15 is 0 Å². The Hall–Kier alpha value is -2.92. The lowest BCUT2D eigenvalue weighted by molar-refractivity contribution is -0.146. The Balaban J connectivity index is 1.56. The average Bonchev–Trinajstić information content (AvgIpc) is 3.38. The molecule has 0 spiro atoms. The molecule has 5 heteroatoms. The van der Waals surface area contributed by atoms with E-state index < -0.39 is 11.4 Å². The smallest absolute Gasteiger partial charge is 0.337 e. The lowest BCUT2D eigenvalue weighted by Crippen LogP contribution is -2.23. The Morgan fingerprint density at radius 1 is 0.964 bits per heavy atom. The molecule has 1 fully saturated rings. The predicted molar refractivity (Wildman–Crippen MR) is 110 cm³/mol. The number of carboxylic acids is 1. The molecule has 1 heterocycles. The second kappa shape index (κ2) is 7.24. The van der Waals surface area contributed by atoms with Crippen LogP contribution in [0.4, 0.5) is 0 Å². The summed E-state index contributed by atoms with van der Waals surface area (Å²) in [6.45, 7) is 2.23. The molecule has 4 rings (SSSR count). The third kappa shape index (κ3) is 3.22. The van der Waals surface area contributed by atoms with Crippen molar-refractivity contribution in [3.63, 3.8) is 0 Å². The minimum atomic E-state index is -0.911. The Morgan fingerprint density at radius 3 is 2.07 bits per heavy atom. The van der Waals surface area contributed by atoms with Gasteiger partial charge in [-0.1, -0.05) is 48.5 Å². The topological polar surface area (TPSA) is 63.6 Å². The zero-order valence-corrected chi connectivity index (χ0v) is 16.3. The molecular formula is C23H20O4S. The number of carbonyl (C=O) groups is 2. The van der Waals surface area contributed by atoms with Gasteiger partial charge >= 0.3 is 11.9 Å². The first-order chi connectivity index (χ1) is 13.5. The maximum Gasteiger partial charge on any atom is 0.337 e. The van der Waals surface area contributed by atoms with Gasteiger partial charge in [0, 0.05) is 4.88 Å². The normalized spacial score (nSPS) is 14.5. The van der Waals surface area contributed by atoms with Crippen LogP contribution >= 0.6 is 11.3 Å². The molecule has 3 aromatic rings. The van der Waals surface area contributed by atoms with Gasteiger partial charge in [-0.15, -0.1) is 11.3 Å². The van der Waals surface area contributed by atoms with Crippen LogP contribution < -0.4 is 0 Å². The highest BCUT2D eigenvalue weighted by molar-refractivity contribution is 7.14. The predicted octanol–water partition coefficient (Wildman–Crippen LogP) is 5.38. The highest BCUT2D eigenvalue weighted by Gasteiger charge is 2.52. The van der Waals surface area contributed by atoms with Crippen molar-refractivity contribution in [2.45, 2.75) is 25.2 Å². The lowest BCUT2D eigenvalue weighted by Gasteiger charge is -2.14. The van der Waals surface area contributed by atoms with E-state index in [1.165, 1.54) is 11.3 Å². The summed E-state index contributed by atoms with van der Waals surface area (Å²) in [5, 5.41) is 11.1. The maximum atomic E-state index is 12.2. The van der Waals surface area contributed by atoms with Crippen LogP contribution in [-0.4, -0.2) is 23.7 Å². The van der Waals surface area contributed by atoms with Crippen LogP contribution in [0.3, 0.4) is 0 Å². The quantitative estimate of drug-likeness (QED) is 0.573. The molecule has 2 aromatic carbocycles. The summed E-state index contributed by atoms with van der Waals surface area (Å²) in [7, 11) is 0. The minimum absolute atomic E-state index is 0.128. The lowest BCUT2D eigenvalue weighted by atomic mass is 9.93. The molecule has 0 saturated heterocycles. The number of rotatable bonds is 6. The van der Waals surface area contributed by atoms with Crippen LogP contribution in [-0.2, 0) is 14.9 Å². The fourth-order valence-corrected chi connectivity index (χ4v) is 4.40. The summed E-state index contributed by atoms with van der Waals surface area (Å²) in [4.78, 5) is 24.3. The van der Waals surface area contributed by atoms with Gasteiger partial charge in [-0.2, -0.15) is 0 Å². The fourth-order valence-electron chi connectivity index (χ4n) is 3.50. The van der Waals surface area contributed by atoms with Crippen LogP contribution in [0.25, 0.3) is 21.6 Å². The molecule has 1 aliphatic carbocycles. The highest BCUT2D eigenvalue weighted by Crippen LogP contribution is 2.49. The number of ether oxygens (including phenoxy) is 1. The van der Waals surface area contributed by atoms with Crippen molar-refractivity contribution in [2.75, 3.05) is 6.61 Å². The van der Waals surface area contributed by atoms with Gasteiger partial charge in [-0.25, -0.2) is 4.79 Å². The third-order valence-corrected chi connectivity index (χ3v) is 6.19. The van der Waals surface area contributed by atoms with Crippen LogP contribution in [0.5, 0.6) is 0 Å². The summed E-state index contributed by atoms with van der Waals surface area (Å²) >= 11 is 1.43. The van der Waals surface area contributed by atoms with Crippen molar-refractivity contribution in [3.8, 4) is 21.6 Å². The molecule has 1 aliphatic rings. The Morgan fingerprint density at radius 2 is 1.54 bits per heavy atom. The molecule has 1 N–H and O–H groups in total. The first kappa shape index (κ1) is 18.4. The molecular weight excluding hydrogens is 372 g/mol. The largest absolute Gasteiger partial charge is 0.478 e. The molecule has 0 atom stereocenters. The standard InChI is InChI=1S/C23H20O4S/c1-2-27-22(26)23(12-13-23)18-9-7-16(8-10-18)15-3-5-17(6-4-15)20-19(21(24)25)11-14-28-20/h3-11,14H,2,12-13H2,1H3,(H,24,25). The molecule has 0 unspecified atom stereocenters. The van der Waals surface area contributed by atoms with Crippen molar-refractivity contribution in [3.05, 3.63) is 71.1 Å². The van der Waals surface area contributed by atoms with Crippen molar-refractivity contribution in [1.82, 2.24) is 0 Å². The fraction of sp³-hybridized carbons (Fsp3) is 0.217. The molecule has 0 aliphatic heterocycles. The van der Waals surface area contributed by atoms with Gasteiger partial charge in [0.25, 0.3) is 0 Å². The monoisotopic (exact) mass is 392 g/mol. The van der Waals surface area contributed by atoms with Gasteiger partial charge in [0.15, 0.2) is 0 Å². The number of thiophene rings is 1. The first-order valence-corrected chi connectivity index (χ1v) is 10.1. The molecule has 28 heavy (non-hydrogen) atoms. The number of carboxylic acid groups (broad SMARTS) is 1. The summed E-state index contributed by atoms with van der Waals surface area (Å²) in [5.41, 5.74) is 3.88. The van der Waals surface area contributed by atoms with Crippen molar-refractivity contribution in [2.24, 2.45) is 0 Å². The van der Waals surface area contributed by atoms with E-state index in [2.05, 4.69) is 0 Å². The van der Waals surface area contributed by atoms with Crippen LogP contribution in [0.1, 0.15) is 35.7 Å². The van der Waals surface area contributed by atoms with Gasteiger partial charge in [0.1, 0.15) is 0 Å². The number of aromatic carboxylic acids is 1. The van der Waals surface area contributed by atoms with E-state index in [9.17, 15) is 14.7 Å². The molecule has 0 radical (unpaired) electrons. The summed E-state index contributed by atoms with van der Waals surface area (Å²) in [5.74, 6) is -1.04. The zero-order valence-electron chi connectivity index (χ0n) is 15.5. The Bertz CT molecular complexity index is 1010. The van der Waals surface area contributed by atoms with Gasteiger partial charge in [0.05, 0.1) is 17.6 Å².